The third kappa shape index (κ3) is 2.94. The number of likely N-dealkylation sites (tertiary alicyclic amines) is 1. The van der Waals surface area contributed by atoms with Crippen LogP contribution in [-0.2, 0) is 4.74 Å². The van der Waals surface area contributed by atoms with Gasteiger partial charge in [-0.3, -0.25) is 4.79 Å². The molecule has 114 valence electrons. The molecule has 1 unspecified atom stereocenters. The van der Waals surface area contributed by atoms with E-state index >= 15 is 0 Å². The van der Waals surface area contributed by atoms with Crippen molar-refractivity contribution in [3.8, 4) is 0 Å². The van der Waals surface area contributed by atoms with Crippen molar-refractivity contribution in [2.45, 2.75) is 31.9 Å². The van der Waals surface area contributed by atoms with Crippen LogP contribution in [0, 0.1) is 0 Å². The van der Waals surface area contributed by atoms with Gasteiger partial charge in [0.2, 0.25) is 0 Å². The number of hydrogen-bond donors (Lipinski definition) is 0. The fourth-order valence-corrected chi connectivity index (χ4v) is 4.41. The molecule has 0 aromatic carbocycles. The Balaban J connectivity index is 1.59. The zero-order valence-corrected chi connectivity index (χ0v) is 14.2. The van der Waals surface area contributed by atoms with Crippen LogP contribution < -0.4 is 0 Å². The van der Waals surface area contributed by atoms with Crippen LogP contribution in [-0.4, -0.2) is 53.6 Å². The molecule has 2 amide bonds. The van der Waals surface area contributed by atoms with Gasteiger partial charge in [0.1, 0.15) is 11.0 Å². The molecule has 0 aliphatic carbocycles. The van der Waals surface area contributed by atoms with Gasteiger partial charge in [-0.2, -0.15) is 0 Å². The number of hydrogen-bond acceptors (Lipinski definition) is 4. The molecule has 0 saturated carbocycles. The van der Waals surface area contributed by atoms with Gasteiger partial charge in [0.25, 0.3) is 5.91 Å². The molecule has 2 aliphatic heterocycles. The minimum atomic E-state index is -0.215. The largest absolute Gasteiger partial charge is 0.444 e. The Morgan fingerprint density at radius 1 is 1.43 bits per heavy atom. The number of thiophene rings is 1. The first-order valence-electron chi connectivity index (χ1n) is 7.06. The van der Waals surface area contributed by atoms with Crippen LogP contribution in [0.4, 0.5) is 4.79 Å². The predicted octanol–water partition coefficient (Wildman–Crippen LogP) is 2.96. The van der Waals surface area contributed by atoms with Crippen molar-refractivity contribution in [1.82, 2.24) is 9.80 Å². The highest BCUT2D eigenvalue weighted by Crippen LogP contribution is 2.27. The van der Waals surface area contributed by atoms with Crippen LogP contribution in [0.2, 0.25) is 0 Å². The van der Waals surface area contributed by atoms with E-state index in [1.54, 1.807) is 0 Å². The molecule has 7 heteroatoms. The molecule has 1 aromatic heterocycles. The third-order valence-electron chi connectivity index (χ3n) is 3.99. The van der Waals surface area contributed by atoms with Crippen molar-refractivity contribution in [2.24, 2.45) is 0 Å². The van der Waals surface area contributed by atoms with Gasteiger partial charge in [-0.1, -0.05) is 0 Å². The van der Waals surface area contributed by atoms with Gasteiger partial charge in [-0.05, 0) is 47.1 Å². The average molecular weight is 373 g/mol. The van der Waals surface area contributed by atoms with Crippen LogP contribution in [0.5, 0.6) is 0 Å². The zero-order chi connectivity index (χ0) is 15.0. The Labute approximate surface area is 136 Å². The molecule has 2 saturated heterocycles. The molecule has 0 bridgehead atoms. The summed E-state index contributed by atoms with van der Waals surface area (Å²) >= 11 is 4.86. The second kappa shape index (κ2) is 5.96. The number of nitrogens with zero attached hydrogens (tertiary/aromatic N) is 2. The number of piperidine rings is 1. The Hall–Kier alpha value is -1.08. The number of rotatable bonds is 2. The maximum atomic E-state index is 12.4. The molecule has 3 heterocycles. The summed E-state index contributed by atoms with van der Waals surface area (Å²) in [6.45, 7) is 3.94. The standard InChI is InChI=1S/C14H17BrN2O3S/c1-9-8-17(14(19)20-9)10-2-5-16(6-3-10)13(18)12-11(15)4-7-21-12/h4,7,9-10H,2-3,5-6,8H2,1H3. The second-order valence-corrected chi connectivity index (χ2v) is 7.24. The van der Waals surface area contributed by atoms with Gasteiger partial charge in [-0.25, -0.2) is 4.79 Å². The van der Waals surface area contributed by atoms with E-state index in [1.807, 2.05) is 28.2 Å². The molecule has 21 heavy (non-hydrogen) atoms. The Morgan fingerprint density at radius 3 is 2.67 bits per heavy atom. The third-order valence-corrected chi connectivity index (χ3v) is 5.82. The van der Waals surface area contributed by atoms with Crippen LogP contribution in [0.3, 0.4) is 0 Å². The summed E-state index contributed by atoms with van der Waals surface area (Å²) in [5, 5.41) is 1.91. The SMILES string of the molecule is CC1CN(C2CCN(C(=O)c3sccc3Br)CC2)C(=O)O1. The Morgan fingerprint density at radius 2 is 2.14 bits per heavy atom. The van der Waals surface area contributed by atoms with E-state index in [4.69, 9.17) is 4.74 Å². The first-order chi connectivity index (χ1) is 10.1. The quantitative estimate of drug-likeness (QED) is 0.801. The minimum Gasteiger partial charge on any atom is -0.444 e. The van der Waals surface area contributed by atoms with Gasteiger partial charge in [0, 0.05) is 23.6 Å². The lowest BCUT2D eigenvalue weighted by atomic mass is 10.0. The van der Waals surface area contributed by atoms with E-state index in [0.29, 0.717) is 19.6 Å². The molecule has 0 spiro atoms. The normalized spacial score (nSPS) is 23.5. The molecule has 5 nitrogen and oxygen atoms in total. The lowest BCUT2D eigenvalue weighted by Crippen LogP contribution is -2.47. The summed E-state index contributed by atoms with van der Waals surface area (Å²) in [7, 11) is 0. The summed E-state index contributed by atoms with van der Waals surface area (Å²) in [6, 6.07) is 2.09. The van der Waals surface area contributed by atoms with E-state index in [0.717, 1.165) is 22.2 Å². The smallest absolute Gasteiger partial charge is 0.410 e. The van der Waals surface area contributed by atoms with E-state index in [1.165, 1.54) is 11.3 Å². The maximum absolute atomic E-state index is 12.4. The number of halogens is 1. The van der Waals surface area contributed by atoms with E-state index in [-0.39, 0.29) is 24.1 Å². The molecule has 2 aliphatic rings. The average Bonchev–Trinajstić information content (AvgIpc) is 3.04. The molecule has 0 N–H and O–H groups in total. The Bertz CT molecular complexity index is 554. The maximum Gasteiger partial charge on any atom is 0.410 e. The van der Waals surface area contributed by atoms with Gasteiger partial charge >= 0.3 is 6.09 Å². The van der Waals surface area contributed by atoms with E-state index in [9.17, 15) is 9.59 Å². The molecular formula is C14H17BrN2O3S. The molecule has 1 aromatic rings. The summed E-state index contributed by atoms with van der Waals surface area (Å²) < 4.78 is 6.04. The van der Waals surface area contributed by atoms with Gasteiger partial charge in [-0.15, -0.1) is 11.3 Å². The number of carbonyl (C=O) groups excluding carboxylic acids is 2. The zero-order valence-electron chi connectivity index (χ0n) is 11.8. The van der Waals surface area contributed by atoms with Gasteiger partial charge < -0.3 is 14.5 Å². The lowest BCUT2D eigenvalue weighted by molar-refractivity contribution is 0.0662. The van der Waals surface area contributed by atoms with Crippen LogP contribution in [0.25, 0.3) is 0 Å². The fraction of sp³-hybridized carbons (Fsp3) is 0.571. The Kier molecular flexibility index (Phi) is 4.21. The van der Waals surface area contributed by atoms with Crippen molar-refractivity contribution in [3.05, 3.63) is 20.8 Å². The lowest BCUT2D eigenvalue weighted by Gasteiger charge is -2.35. The first-order valence-corrected chi connectivity index (χ1v) is 8.73. The van der Waals surface area contributed by atoms with Crippen molar-refractivity contribution >= 4 is 39.3 Å². The highest BCUT2D eigenvalue weighted by atomic mass is 79.9. The van der Waals surface area contributed by atoms with Crippen molar-refractivity contribution < 1.29 is 14.3 Å². The van der Waals surface area contributed by atoms with E-state index < -0.39 is 0 Å². The summed E-state index contributed by atoms with van der Waals surface area (Å²) in [4.78, 5) is 28.6. The van der Waals surface area contributed by atoms with Crippen molar-refractivity contribution in [1.29, 1.82) is 0 Å². The number of ether oxygens (including phenoxy) is 1. The van der Waals surface area contributed by atoms with Crippen LogP contribution >= 0.6 is 27.3 Å². The minimum absolute atomic E-state index is 0.0285. The van der Waals surface area contributed by atoms with E-state index in [2.05, 4.69) is 15.9 Å². The molecule has 2 fully saturated rings. The molecule has 1 atom stereocenters. The number of amides is 2. The first kappa shape index (κ1) is 14.8. The number of carbonyl (C=O) groups is 2. The van der Waals surface area contributed by atoms with Crippen LogP contribution in [0.1, 0.15) is 29.4 Å². The number of cyclic esters (lactones) is 1. The fourth-order valence-electron chi connectivity index (χ4n) is 2.90. The second-order valence-electron chi connectivity index (χ2n) is 5.47. The van der Waals surface area contributed by atoms with Gasteiger partial charge in [0.15, 0.2) is 0 Å². The van der Waals surface area contributed by atoms with Gasteiger partial charge in [0.05, 0.1) is 6.54 Å². The summed E-state index contributed by atoms with van der Waals surface area (Å²) in [6.07, 6.45) is 1.39. The molecular weight excluding hydrogens is 356 g/mol. The molecule has 0 radical (unpaired) electrons. The molecule has 3 rings (SSSR count). The monoisotopic (exact) mass is 372 g/mol. The topological polar surface area (TPSA) is 49.9 Å². The summed E-state index contributed by atoms with van der Waals surface area (Å²) in [5.74, 6) is 0.0766. The van der Waals surface area contributed by atoms with Crippen LogP contribution in [0.15, 0.2) is 15.9 Å². The highest BCUT2D eigenvalue weighted by molar-refractivity contribution is 9.10. The predicted molar refractivity (Wildman–Crippen MR) is 83.6 cm³/mol. The summed E-state index contributed by atoms with van der Waals surface area (Å²) in [5.41, 5.74) is 0. The van der Waals surface area contributed by atoms with Crippen molar-refractivity contribution in [3.63, 3.8) is 0 Å². The highest BCUT2D eigenvalue weighted by Gasteiger charge is 2.36. The van der Waals surface area contributed by atoms with Crippen molar-refractivity contribution in [2.75, 3.05) is 19.6 Å².